The summed E-state index contributed by atoms with van der Waals surface area (Å²) in [6, 6.07) is 5.02. The number of non-ortho nitro benzene ring substituents is 1. The zero-order chi connectivity index (χ0) is 18.3. The molecule has 0 bridgehead atoms. The minimum Gasteiger partial charge on any atom is -0.383 e. The van der Waals surface area contributed by atoms with E-state index < -0.39 is 28.9 Å². The lowest BCUT2D eigenvalue weighted by Gasteiger charge is -2.17. The summed E-state index contributed by atoms with van der Waals surface area (Å²) >= 11 is 0. The molecule has 8 nitrogen and oxygen atoms in total. The van der Waals surface area contributed by atoms with Crippen LogP contribution in [0, 0.1) is 16.0 Å². The molecular formula is C16H23N3O5. The molecule has 2 atom stereocenters. The van der Waals surface area contributed by atoms with E-state index in [2.05, 4.69) is 10.6 Å². The summed E-state index contributed by atoms with van der Waals surface area (Å²) in [4.78, 5) is 33.8. The lowest BCUT2D eigenvalue weighted by Crippen LogP contribution is -2.48. The second-order valence-electron chi connectivity index (χ2n) is 6.02. The number of benzene rings is 1. The molecule has 0 spiro atoms. The maximum absolute atomic E-state index is 12.0. The number of aliphatic hydroxyl groups is 1. The quantitative estimate of drug-likeness (QED) is 0.485. The van der Waals surface area contributed by atoms with Gasteiger partial charge in [0.2, 0.25) is 11.8 Å². The van der Waals surface area contributed by atoms with Gasteiger partial charge in [0.15, 0.2) is 0 Å². The maximum Gasteiger partial charge on any atom is 0.269 e. The summed E-state index contributed by atoms with van der Waals surface area (Å²) in [6.45, 7) is 5.48. The van der Waals surface area contributed by atoms with Crippen molar-refractivity contribution in [2.45, 2.75) is 45.9 Å². The smallest absolute Gasteiger partial charge is 0.269 e. The fraction of sp³-hybridized carbons (Fsp3) is 0.500. The van der Waals surface area contributed by atoms with Crippen molar-refractivity contribution in [2.24, 2.45) is 5.92 Å². The fourth-order valence-corrected chi connectivity index (χ4v) is 2.01. The first kappa shape index (κ1) is 19.6. The van der Waals surface area contributed by atoms with Crippen LogP contribution in [-0.2, 0) is 16.1 Å². The van der Waals surface area contributed by atoms with Crippen molar-refractivity contribution in [3.63, 3.8) is 0 Å². The van der Waals surface area contributed by atoms with Gasteiger partial charge in [0.1, 0.15) is 12.1 Å². The molecule has 0 aliphatic heterocycles. The Kier molecular flexibility index (Phi) is 7.31. The van der Waals surface area contributed by atoms with Crippen molar-refractivity contribution in [1.29, 1.82) is 0 Å². The van der Waals surface area contributed by atoms with E-state index in [1.165, 1.54) is 19.1 Å². The van der Waals surface area contributed by atoms with Crippen LogP contribution in [0.5, 0.6) is 0 Å². The van der Waals surface area contributed by atoms with Gasteiger partial charge >= 0.3 is 0 Å². The summed E-state index contributed by atoms with van der Waals surface area (Å²) in [5.41, 5.74) is 0.678. The van der Waals surface area contributed by atoms with Crippen LogP contribution in [0.2, 0.25) is 0 Å². The zero-order valence-electron chi connectivity index (χ0n) is 14.0. The van der Waals surface area contributed by atoms with Crippen LogP contribution in [0.15, 0.2) is 24.3 Å². The number of nitrogens with zero attached hydrogens (tertiary/aromatic N) is 1. The van der Waals surface area contributed by atoms with Gasteiger partial charge in [-0.1, -0.05) is 26.0 Å². The number of amides is 2. The van der Waals surface area contributed by atoms with E-state index in [9.17, 15) is 24.8 Å². The molecule has 0 fully saturated rings. The van der Waals surface area contributed by atoms with E-state index in [-0.39, 0.29) is 18.2 Å². The van der Waals surface area contributed by atoms with Crippen molar-refractivity contribution < 1.29 is 19.6 Å². The van der Waals surface area contributed by atoms with Crippen LogP contribution in [0.3, 0.4) is 0 Å². The first-order chi connectivity index (χ1) is 11.2. The molecule has 132 valence electrons. The summed E-state index contributed by atoms with van der Waals surface area (Å²) in [5, 5.41) is 25.3. The third kappa shape index (κ3) is 6.33. The molecule has 0 aliphatic carbocycles. The number of aliphatic hydroxyl groups excluding tert-OH is 1. The highest BCUT2D eigenvalue weighted by Crippen LogP contribution is 2.11. The number of nitro groups is 1. The van der Waals surface area contributed by atoms with Crippen molar-refractivity contribution >= 4 is 17.5 Å². The van der Waals surface area contributed by atoms with E-state index in [1.807, 2.05) is 13.8 Å². The Morgan fingerprint density at radius 3 is 2.25 bits per heavy atom. The third-order valence-corrected chi connectivity index (χ3v) is 3.36. The van der Waals surface area contributed by atoms with Gasteiger partial charge in [0.05, 0.1) is 4.92 Å². The van der Waals surface area contributed by atoms with Crippen molar-refractivity contribution in [2.75, 3.05) is 0 Å². The lowest BCUT2D eigenvalue weighted by molar-refractivity contribution is -0.384. The molecule has 24 heavy (non-hydrogen) atoms. The van der Waals surface area contributed by atoms with Gasteiger partial charge in [0.25, 0.3) is 5.69 Å². The first-order valence-corrected chi connectivity index (χ1v) is 7.70. The van der Waals surface area contributed by atoms with Gasteiger partial charge in [-0.3, -0.25) is 19.7 Å². The number of hydrogen-bond donors (Lipinski definition) is 3. The van der Waals surface area contributed by atoms with Gasteiger partial charge in [0, 0.05) is 18.7 Å². The average Bonchev–Trinajstić information content (AvgIpc) is 2.52. The van der Waals surface area contributed by atoms with Crippen LogP contribution >= 0.6 is 0 Å². The summed E-state index contributed by atoms with van der Waals surface area (Å²) in [6.07, 6.45) is -0.821. The number of rotatable bonds is 8. The number of carbonyl (C=O) groups excluding carboxylic acids is 2. The highest BCUT2D eigenvalue weighted by Gasteiger charge is 2.21. The van der Waals surface area contributed by atoms with Crippen molar-refractivity contribution in [3.05, 3.63) is 39.9 Å². The molecule has 3 N–H and O–H groups in total. The molecule has 1 aromatic rings. The Hall–Kier alpha value is -2.48. The highest BCUT2D eigenvalue weighted by molar-refractivity contribution is 5.88. The second kappa shape index (κ2) is 8.97. The van der Waals surface area contributed by atoms with E-state index >= 15 is 0 Å². The minimum atomic E-state index is -1.14. The van der Waals surface area contributed by atoms with E-state index in [1.54, 1.807) is 12.1 Å². The molecule has 1 rings (SSSR count). The Morgan fingerprint density at radius 2 is 1.75 bits per heavy atom. The fourth-order valence-electron chi connectivity index (χ4n) is 2.01. The average molecular weight is 337 g/mol. The topological polar surface area (TPSA) is 122 Å². The predicted molar refractivity (Wildman–Crippen MR) is 88.0 cm³/mol. The standard InChI is InChI=1S/C16H23N3O5/c1-10(2)8-14(20)16(22)18-11(3)15(21)17-9-12-4-6-13(7-5-12)19(23)24/h4-7,10-11,14,20H,8-9H2,1-3H3,(H,17,21)(H,18,22)/t11-,14?/m0/s1. The molecule has 0 radical (unpaired) electrons. The summed E-state index contributed by atoms with van der Waals surface area (Å²) in [5.74, 6) is -0.822. The molecule has 1 unspecified atom stereocenters. The van der Waals surface area contributed by atoms with Gasteiger partial charge in [-0.05, 0) is 24.8 Å². The number of nitrogens with one attached hydrogen (secondary N) is 2. The molecule has 0 saturated heterocycles. The van der Waals surface area contributed by atoms with Gasteiger partial charge in [-0.2, -0.15) is 0 Å². The lowest BCUT2D eigenvalue weighted by atomic mass is 10.1. The summed E-state index contributed by atoms with van der Waals surface area (Å²) in [7, 11) is 0. The first-order valence-electron chi connectivity index (χ1n) is 7.70. The SMILES string of the molecule is CC(C)CC(O)C(=O)N[C@@H](C)C(=O)NCc1ccc([N+](=O)[O-])cc1. The molecule has 0 aliphatic rings. The van der Waals surface area contributed by atoms with E-state index in [4.69, 9.17) is 0 Å². The molecule has 8 heteroatoms. The molecular weight excluding hydrogens is 314 g/mol. The second-order valence-corrected chi connectivity index (χ2v) is 6.02. The Labute approximate surface area is 140 Å². The van der Waals surface area contributed by atoms with Gasteiger partial charge in [-0.25, -0.2) is 0 Å². The Morgan fingerprint density at radius 1 is 1.17 bits per heavy atom. The summed E-state index contributed by atoms with van der Waals surface area (Å²) < 4.78 is 0. The monoisotopic (exact) mass is 337 g/mol. The van der Waals surface area contributed by atoms with Gasteiger partial charge in [-0.15, -0.1) is 0 Å². The molecule has 0 aromatic heterocycles. The molecule has 0 saturated carbocycles. The van der Waals surface area contributed by atoms with Crippen LogP contribution in [0.1, 0.15) is 32.8 Å². The maximum atomic E-state index is 12.0. The molecule has 2 amide bonds. The van der Waals surface area contributed by atoms with Crippen molar-refractivity contribution in [3.8, 4) is 0 Å². The van der Waals surface area contributed by atoms with E-state index in [0.717, 1.165) is 0 Å². The minimum absolute atomic E-state index is 0.0233. The normalized spacial score (nSPS) is 13.2. The Balaban J connectivity index is 2.46. The predicted octanol–water partition coefficient (Wildman–Crippen LogP) is 1.12. The Bertz CT molecular complexity index is 586. The molecule has 1 aromatic carbocycles. The highest BCUT2D eigenvalue weighted by atomic mass is 16.6. The third-order valence-electron chi connectivity index (χ3n) is 3.36. The van der Waals surface area contributed by atoms with Crippen LogP contribution in [-0.4, -0.2) is 34.0 Å². The van der Waals surface area contributed by atoms with Crippen molar-refractivity contribution in [1.82, 2.24) is 10.6 Å². The van der Waals surface area contributed by atoms with Crippen LogP contribution < -0.4 is 10.6 Å². The largest absolute Gasteiger partial charge is 0.383 e. The number of hydrogen-bond acceptors (Lipinski definition) is 5. The van der Waals surface area contributed by atoms with Crippen LogP contribution in [0.4, 0.5) is 5.69 Å². The van der Waals surface area contributed by atoms with E-state index in [0.29, 0.717) is 12.0 Å². The van der Waals surface area contributed by atoms with Gasteiger partial charge < -0.3 is 15.7 Å². The molecule has 0 heterocycles. The number of carbonyl (C=O) groups is 2. The number of nitro benzene ring substituents is 1. The van der Waals surface area contributed by atoms with Crippen LogP contribution in [0.25, 0.3) is 0 Å². The zero-order valence-corrected chi connectivity index (χ0v) is 14.0.